The van der Waals surface area contributed by atoms with Gasteiger partial charge < -0.3 is 15.5 Å². The zero-order chi connectivity index (χ0) is 11.5. The van der Waals surface area contributed by atoms with Crippen molar-refractivity contribution in [2.24, 2.45) is 5.73 Å². The summed E-state index contributed by atoms with van der Waals surface area (Å²) < 4.78 is 1.49. The molecule has 2 N–H and O–H groups in total. The van der Waals surface area contributed by atoms with E-state index in [2.05, 4.69) is 17.0 Å². The normalized spacial score (nSPS) is 19.8. The Kier molecular flexibility index (Phi) is 3.21. The van der Waals surface area contributed by atoms with Gasteiger partial charge in [0.15, 0.2) is 6.17 Å². The second-order valence-electron chi connectivity index (χ2n) is 4.06. The highest BCUT2D eigenvalue weighted by atomic mass is 16.2. The van der Waals surface area contributed by atoms with Crippen LogP contribution in [0.2, 0.25) is 0 Å². The van der Waals surface area contributed by atoms with Crippen LogP contribution in [0.3, 0.4) is 0 Å². The van der Waals surface area contributed by atoms with E-state index in [1.807, 2.05) is 0 Å². The lowest BCUT2D eigenvalue weighted by Gasteiger charge is -2.33. The number of nitrogens with zero attached hydrogens (tertiary/aromatic N) is 4. The Morgan fingerprint density at radius 2 is 2.06 bits per heavy atom. The van der Waals surface area contributed by atoms with E-state index in [9.17, 15) is 4.79 Å². The number of nitrogens with two attached hydrogens (primary N) is 1. The van der Waals surface area contributed by atoms with E-state index in [4.69, 9.17) is 5.73 Å². The maximum Gasteiger partial charge on any atom is 0.262 e. The number of hydrogen-bond acceptors (Lipinski definition) is 4. The fourth-order valence-corrected chi connectivity index (χ4v) is 1.77. The number of piperazine rings is 1. The predicted molar refractivity (Wildman–Crippen MR) is 59.5 cm³/mol. The Morgan fingerprint density at radius 3 is 2.62 bits per heavy atom. The van der Waals surface area contributed by atoms with Crippen LogP contribution in [0, 0.1) is 0 Å². The fraction of sp³-hybridized carbons (Fsp3) is 0.600. The summed E-state index contributed by atoms with van der Waals surface area (Å²) in [5, 5.41) is 3.98. The molecule has 1 aromatic heterocycles. The molecule has 1 fully saturated rings. The first-order valence-corrected chi connectivity index (χ1v) is 5.40. The third-order valence-electron chi connectivity index (χ3n) is 2.88. The van der Waals surface area contributed by atoms with E-state index in [0.29, 0.717) is 0 Å². The van der Waals surface area contributed by atoms with Crippen molar-refractivity contribution in [1.82, 2.24) is 19.6 Å². The highest BCUT2D eigenvalue weighted by Gasteiger charge is 2.25. The number of likely N-dealkylation sites (N-methyl/N-ethyl adjacent to an activating group) is 1. The Balaban J connectivity index is 1.97. The minimum atomic E-state index is -0.696. The van der Waals surface area contributed by atoms with Crippen molar-refractivity contribution in [3.63, 3.8) is 0 Å². The van der Waals surface area contributed by atoms with Crippen molar-refractivity contribution < 1.29 is 4.79 Å². The first-order chi connectivity index (χ1) is 7.68. The summed E-state index contributed by atoms with van der Waals surface area (Å²) in [5.74, 6) is -0.0585. The standard InChI is InChI=1S/C10H17N5O/c1-13-5-7-14(8-6-13)10(16)9(11)15-4-2-3-12-15/h2-4,9H,5-8,11H2,1H3. The van der Waals surface area contributed by atoms with Crippen LogP contribution in [0.15, 0.2) is 18.5 Å². The van der Waals surface area contributed by atoms with Crippen LogP contribution in [0.25, 0.3) is 0 Å². The Labute approximate surface area is 94.6 Å². The van der Waals surface area contributed by atoms with E-state index in [1.54, 1.807) is 23.4 Å². The lowest BCUT2D eigenvalue weighted by Crippen LogP contribution is -2.50. The van der Waals surface area contributed by atoms with Gasteiger partial charge in [0.1, 0.15) is 0 Å². The van der Waals surface area contributed by atoms with Crippen LogP contribution in [-0.4, -0.2) is 58.7 Å². The van der Waals surface area contributed by atoms with Gasteiger partial charge in [-0.25, -0.2) is 4.68 Å². The molecule has 1 unspecified atom stereocenters. The summed E-state index contributed by atoms with van der Waals surface area (Å²) >= 11 is 0. The molecule has 1 aromatic rings. The highest BCUT2D eigenvalue weighted by Crippen LogP contribution is 2.06. The molecule has 0 spiro atoms. The lowest BCUT2D eigenvalue weighted by atomic mass is 10.3. The molecule has 0 bridgehead atoms. The molecule has 0 aromatic carbocycles. The van der Waals surface area contributed by atoms with Crippen LogP contribution in [0.5, 0.6) is 0 Å². The van der Waals surface area contributed by atoms with Crippen LogP contribution >= 0.6 is 0 Å². The predicted octanol–water partition coefficient (Wildman–Crippen LogP) is -0.886. The number of hydrogen-bond donors (Lipinski definition) is 1. The van der Waals surface area contributed by atoms with Gasteiger partial charge in [-0.05, 0) is 13.1 Å². The molecule has 88 valence electrons. The monoisotopic (exact) mass is 223 g/mol. The molecule has 1 atom stereocenters. The van der Waals surface area contributed by atoms with Gasteiger partial charge >= 0.3 is 0 Å². The van der Waals surface area contributed by atoms with Gasteiger partial charge in [-0.3, -0.25) is 4.79 Å². The molecule has 6 heteroatoms. The third-order valence-corrected chi connectivity index (χ3v) is 2.88. The van der Waals surface area contributed by atoms with Gasteiger partial charge in [-0.2, -0.15) is 5.10 Å². The third kappa shape index (κ3) is 2.23. The van der Waals surface area contributed by atoms with Crippen molar-refractivity contribution in [2.45, 2.75) is 6.17 Å². The number of amides is 1. The molecule has 1 aliphatic heterocycles. The topological polar surface area (TPSA) is 67.4 Å². The number of rotatable bonds is 2. The van der Waals surface area contributed by atoms with Gasteiger partial charge in [0.25, 0.3) is 5.91 Å². The van der Waals surface area contributed by atoms with E-state index < -0.39 is 6.17 Å². The molecule has 2 heterocycles. The van der Waals surface area contributed by atoms with E-state index >= 15 is 0 Å². The average Bonchev–Trinajstić information content (AvgIpc) is 2.81. The average molecular weight is 223 g/mol. The lowest BCUT2D eigenvalue weighted by molar-refractivity contribution is -0.136. The minimum absolute atomic E-state index is 0.0585. The summed E-state index contributed by atoms with van der Waals surface area (Å²) in [7, 11) is 2.05. The van der Waals surface area contributed by atoms with Crippen molar-refractivity contribution in [1.29, 1.82) is 0 Å². The largest absolute Gasteiger partial charge is 0.337 e. The maximum atomic E-state index is 12.0. The fourth-order valence-electron chi connectivity index (χ4n) is 1.77. The minimum Gasteiger partial charge on any atom is -0.337 e. The van der Waals surface area contributed by atoms with Gasteiger partial charge in [0.05, 0.1) is 0 Å². The summed E-state index contributed by atoms with van der Waals surface area (Å²) in [6, 6.07) is 1.76. The van der Waals surface area contributed by atoms with Crippen molar-refractivity contribution in [3.8, 4) is 0 Å². The zero-order valence-electron chi connectivity index (χ0n) is 9.41. The van der Waals surface area contributed by atoms with Crippen LogP contribution in [0.4, 0.5) is 0 Å². The quantitative estimate of drug-likeness (QED) is 0.706. The highest BCUT2D eigenvalue weighted by molar-refractivity contribution is 5.79. The summed E-state index contributed by atoms with van der Waals surface area (Å²) in [4.78, 5) is 16.0. The van der Waals surface area contributed by atoms with Gasteiger partial charge in [0.2, 0.25) is 0 Å². The second kappa shape index (κ2) is 4.63. The Morgan fingerprint density at radius 1 is 1.38 bits per heavy atom. The second-order valence-corrected chi connectivity index (χ2v) is 4.06. The number of aromatic nitrogens is 2. The van der Waals surface area contributed by atoms with Crippen LogP contribution in [-0.2, 0) is 4.79 Å². The maximum absolute atomic E-state index is 12.0. The summed E-state index contributed by atoms with van der Waals surface area (Å²) in [6.07, 6.45) is 2.63. The number of carbonyl (C=O) groups is 1. The molecule has 0 saturated carbocycles. The molecule has 16 heavy (non-hydrogen) atoms. The Bertz CT molecular complexity index is 342. The molecular formula is C10H17N5O. The Hall–Kier alpha value is -1.40. The SMILES string of the molecule is CN1CCN(C(=O)C(N)n2cccn2)CC1. The molecule has 2 rings (SSSR count). The molecule has 0 radical (unpaired) electrons. The first-order valence-electron chi connectivity index (χ1n) is 5.40. The summed E-state index contributed by atoms with van der Waals surface area (Å²) in [6.45, 7) is 3.28. The van der Waals surface area contributed by atoms with E-state index in [0.717, 1.165) is 26.2 Å². The first kappa shape index (κ1) is 11.1. The van der Waals surface area contributed by atoms with Gasteiger partial charge in [0, 0.05) is 38.6 Å². The molecule has 1 aliphatic rings. The molecule has 1 saturated heterocycles. The molecule has 1 amide bonds. The number of carbonyl (C=O) groups excluding carboxylic acids is 1. The van der Waals surface area contributed by atoms with E-state index in [1.165, 1.54) is 4.68 Å². The van der Waals surface area contributed by atoms with Crippen molar-refractivity contribution in [2.75, 3.05) is 33.2 Å². The van der Waals surface area contributed by atoms with E-state index in [-0.39, 0.29) is 5.91 Å². The molecule has 0 aliphatic carbocycles. The zero-order valence-corrected chi connectivity index (χ0v) is 9.41. The van der Waals surface area contributed by atoms with Crippen LogP contribution in [0.1, 0.15) is 6.17 Å². The molecule has 6 nitrogen and oxygen atoms in total. The molecular weight excluding hydrogens is 206 g/mol. The van der Waals surface area contributed by atoms with Gasteiger partial charge in [-0.1, -0.05) is 0 Å². The smallest absolute Gasteiger partial charge is 0.262 e. The summed E-state index contributed by atoms with van der Waals surface area (Å²) in [5.41, 5.74) is 5.84. The van der Waals surface area contributed by atoms with Crippen LogP contribution < -0.4 is 5.73 Å². The van der Waals surface area contributed by atoms with Gasteiger partial charge in [-0.15, -0.1) is 0 Å². The van der Waals surface area contributed by atoms with Crippen molar-refractivity contribution in [3.05, 3.63) is 18.5 Å². The van der Waals surface area contributed by atoms with Crippen molar-refractivity contribution >= 4 is 5.91 Å².